The maximum Gasteiger partial charge on any atom is 0.132 e. The van der Waals surface area contributed by atoms with E-state index in [-0.39, 0.29) is 5.38 Å². The van der Waals surface area contributed by atoms with E-state index in [1.54, 1.807) is 12.3 Å². The van der Waals surface area contributed by atoms with Crippen LogP contribution >= 0.6 is 34.8 Å². The van der Waals surface area contributed by atoms with Crippen LogP contribution in [0.15, 0.2) is 24.4 Å². The monoisotopic (exact) mass is 314 g/mol. The summed E-state index contributed by atoms with van der Waals surface area (Å²) in [5.74, 6) is 0.747. The highest BCUT2D eigenvalue weighted by Crippen LogP contribution is 2.24. The van der Waals surface area contributed by atoms with Crippen LogP contribution in [0.4, 0.5) is 0 Å². The quantitative estimate of drug-likeness (QED) is 0.746. The van der Waals surface area contributed by atoms with Crippen LogP contribution in [0.2, 0.25) is 10.0 Å². The van der Waals surface area contributed by atoms with Gasteiger partial charge in [-0.15, -0.1) is 11.6 Å². The molecule has 2 aromatic rings. The first kappa shape index (κ1) is 14.6. The third-order valence-electron chi connectivity index (χ3n) is 2.84. The highest BCUT2D eigenvalue weighted by atomic mass is 35.5. The lowest BCUT2D eigenvalue weighted by Crippen LogP contribution is -2.02. The van der Waals surface area contributed by atoms with Gasteiger partial charge in [0.15, 0.2) is 0 Å². The molecule has 0 amide bonds. The largest absolute Gasteiger partial charge is 0.241 e. The molecule has 0 saturated heterocycles. The van der Waals surface area contributed by atoms with Crippen LogP contribution in [0.3, 0.4) is 0 Å². The molecule has 2 rings (SSSR count). The number of alkyl halides is 1. The van der Waals surface area contributed by atoms with E-state index in [1.807, 2.05) is 26.0 Å². The molecule has 0 aliphatic rings. The molecular weight excluding hydrogens is 303 g/mol. The van der Waals surface area contributed by atoms with Crippen molar-refractivity contribution in [2.75, 3.05) is 0 Å². The Kier molecular flexibility index (Phi) is 4.67. The fourth-order valence-electron chi connectivity index (χ4n) is 1.83. The maximum absolute atomic E-state index is 6.05. The van der Waals surface area contributed by atoms with E-state index in [4.69, 9.17) is 34.8 Å². The molecule has 0 N–H and O–H groups in total. The average Bonchev–Trinajstić information content (AvgIpc) is 2.33. The molecule has 0 fully saturated rings. The Morgan fingerprint density at radius 1 is 1.21 bits per heavy atom. The van der Waals surface area contributed by atoms with Gasteiger partial charge in [0.2, 0.25) is 0 Å². The van der Waals surface area contributed by atoms with E-state index in [9.17, 15) is 0 Å². The third-order valence-corrected chi connectivity index (χ3v) is 3.82. The second-order valence-corrected chi connectivity index (χ2v) is 5.84. The van der Waals surface area contributed by atoms with Crippen molar-refractivity contribution in [3.63, 3.8) is 0 Å². The Balaban J connectivity index is 2.24. The van der Waals surface area contributed by atoms with Gasteiger partial charge < -0.3 is 0 Å². The van der Waals surface area contributed by atoms with Gasteiger partial charge in [0.25, 0.3) is 0 Å². The van der Waals surface area contributed by atoms with Crippen molar-refractivity contribution < 1.29 is 0 Å². The molecule has 1 atom stereocenters. The number of aromatic nitrogens is 2. The number of aryl methyl sites for hydroxylation is 1. The lowest BCUT2D eigenvalue weighted by atomic mass is 10.1. The van der Waals surface area contributed by atoms with E-state index in [1.165, 1.54) is 0 Å². The van der Waals surface area contributed by atoms with Crippen LogP contribution in [0.25, 0.3) is 0 Å². The van der Waals surface area contributed by atoms with Crippen molar-refractivity contribution in [3.05, 3.63) is 57.1 Å². The number of rotatable bonds is 3. The summed E-state index contributed by atoms with van der Waals surface area (Å²) in [6.45, 7) is 3.85. The van der Waals surface area contributed by atoms with Gasteiger partial charge in [-0.3, -0.25) is 0 Å². The van der Waals surface area contributed by atoms with Gasteiger partial charge in [-0.25, -0.2) is 9.97 Å². The number of benzene rings is 1. The van der Waals surface area contributed by atoms with Crippen LogP contribution < -0.4 is 0 Å². The summed E-state index contributed by atoms with van der Waals surface area (Å²) in [6.07, 6.45) is 2.40. The van der Waals surface area contributed by atoms with Crippen molar-refractivity contribution in [1.29, 1.82) is 0 Å². The van der Waals surface area contributed by atoms with Crippen LogP contribution in [-0.4, -0.2) is 9.97 Å². The molecular formula is C14H13Cl3N2. The molecule has 0 aliphatic carbocycles. The van der Waals surface area contributed by atoms with Gasteiger partial charge in [-0.05, 0) is 31.5 Å². The first-order valence-corrected chi connectivity index (χ1v) is 7.07. The fourth-order valence-corrected chi connectivity index (χ4v) is 2.37. The topological polar surface area (TPSA) is 25.8 Å². The van der Waals surface area contributed by atoms with Gasteiger partial charge in [-0.2, -0.15) is 0 Å². The minimum absolute atomic E-state index is 0.0842. The maximum atomic E-state index is 6.05. The van der Waals surface area contributed by atoms with Gasteiger partial charge in [0, 0.05) is 23.9 Å². The zero-order chi connectivity index (χ0) is 14.0. The zero-order valence-electron chi connectivity index (χ0n) is 10.6. The molecule has 0 bridgehead atoms. The van der Waals surface area contributed by atoms with Crippen molar-refractivity contribution >= 4 is 34.8 Å². The van der Waals surface area contributed by atoms with Crippen molar-refractivity contribution in [2.45, 2.75) is 25.6 Å². The molecule has 0 radical (unpaired) electrons. The summed E-state index contributed by atoms with van der Waals surface area (Å²) in [7, 11) is 0. The number of hydrogen-bond acceptors (Lipinski definition) is 2. The Labute approximate surface area is 127 Å². The highest BCUT2D eigenvalue weighted by Gasteiger charge is 2.09. The summed E-state index contributed by atoms with van der Waals surface area (Å²) >= 11 is 17.9. The van der Waals surface area contributed by atoms with Gasteiger partial charge in [-0.1, -0.05) is 29.3 Å². The molecule has 100 valence electrons. The van der Waals surface area contributed by atoms with Gasteiger partial charge in [0.05, 0.1) is 15.4 Å². The standard InChI is InChI=1S/C14H13Cl3N2/c1-8(15)11-7-18-14(19-9(11)2)6-10-3-4-12(16)13(17)5-10/h3-5,7-8H,6H2,1-2H3. The molecule has 2 nitrogen and oxygen atoms in total. The molecule has 1 aromatic carbocycles. The molecule has 0 saturated carbocycles. The number of halogens is 3. The fraction of sp³-hybridized carbons (Fsp3) is 0.286. The first-order chi connectivity index (χ1) is 8.97. The third kappa shape index (κ3) is 3.59. The smallest absolute Gasteiger partial charge is 0.132 e. The van der Waals surface area contributed by atoms with Gasteiger partial charge in [0.1, 0.15) is 5.82 Å². The highest BCUT2D eigenvalue weighted by molar-refractivity contribution is 6.42. The first-order valence-electron chi connectivity index (χ1n) is 5.88. The summed E-state index contributed by atoms with van der Waals surface area (Å²) in [5.41, 5.74) is 2.90. The van der Waals surface area contributed by atoms with Crippen LogP contribution in [0.5, 0.6) is 0 Å². The normalized spacial score (nSPS) is 12.5. The van der Waals surface area contributed by atoms with E-state index in [2.05, 4.69) is 9.97 Å². The summed E-state index contributed by atoms with van der Waals surface area (Å²) in [5, 5.41) is 1.01. The van der Waals surface area contributed by atoms with Gasteiger partial charge >= 0.3 is 0 Å². The molecule has 1 unspecified atom stereocenters. The molecule has 0 spiro atoms. The second-order valence-electron chi connectivity index (χ2n) is 4.37. The molecule has 0 aliphatic heterocycles. The predicted molar refractivity (Wildman–Crippen MR) is 80.3 cm³/mol. The molecule has 5 heteroatoms. The average molecular weight is 316 g/mol. The number of nitrogens with zero attached hydrogens (tertiary/aromatic N) is 2. The minimum Gasteiger partial charge on any atom is -0.241 e. The SMILES string of the molecule is Cc1nc(Cc2ccc(Cl)c(Cl)c2)ncc1C(C)Cl. The molecule has 1 aromatic heterocycles. The zero-order valence-corrected chi connectivity index (χ0v) is 12.9. The summed E-state index contributed by atoms with van der Waals surface area (Å²) in [6, 6.07) is 5.53. The predicted octanol–water partition coefficient (Wildman–Crippen LogP) is 4.98. The van der Waals surface area contributed by atoms with Crippen LogP contribution in [0, 0.1) is 6.92 Å². The van der Waals surface area contributed by atoms with E-state index < -0.39 is 0 Å². The van der Waals surface area contributed by atoms with E-state index in [0.717, 1.165) is 22.6 Å². The van der Waals surface area contributed by atoms with Crippen molar-refractivity contribution in [1.82, 2.24) is 9.97 Å². The Morgan fingerprint density at radius 2 is 1.95 bits per heavy atom. The summed E-state index contributed by atoms with van der Waals surface area (Å²) in [4.78, 5) is 8.81. The minimum atomic E-state index is -0.0842. The number of hydrogen-bond donors (Lipinski definition) is 0. The molecule has 19 heavy (non-hydrogen) atoms. The Morgan fingerprint density at radius 3 is 2.53 bits per heavy atom. The van der Waals surface area contributed by atoms with Crippen LogP contribution in [0.1, 0.15) is 34.9 Å². The van der Waals surface area contributed by atoms with Crippen molar-refractivity contribution in [3.8, 4) is 0 Å². The lowest BCUT2D eigenvalue weighted by Gasteiger charge is -2.08. The summed E-state index contributed by atoms with van der Waals surface area (Å²) < 4.78 is 0. The second kappa shape index (κ2) is 6.08. The van der Waals surface area contributed by atoms with Crippen LogP contribution in [-0.2, 0) is 6.42 Å². The van der Waals surface area contributed by atoms with E-state index >= 15 is 0 Å². The lowest BCUT2D eigenvalue weighted by molar-refractivity contribution is 0.895. The Hall–Kier alpha value is -0.830. The Bertz CT molecular complexity index is 597. The van der Waals surface area contributed by atoms with Crippen molar-refractivity contribution in [2.24, 2.45) is 0 Å². The van der Waals surface area contributed by atoms with E-state index in [0.29, 0.717) is 16.5 Å². The molecule has 1 heterocycles.